The quantitative estimate of drug-likeness (QED) is 0.730. The van der Waals surface area contributed by atoms with E-state index >= 15 is 0 Å². The van der Waals surface area contributed by atoms with Crippen LogP contribution in [0.25, 0.3) is 0 Å². The molecule has 114 valence electrons. The van der Waals surface area contributed by atoms with Crippen molar-refractivity contribution in [3.63, 3.8) is 0 Å². The van der Waals surface area contributed by atoms with Crippen LogP contribution in [0.4, 0.5) is 0 Å². The number of amidine groups is 1. The van der Waals surface area contributed by atoms with Crippen molar-refractivity contribution < 1.29 is 9.53 Å². The van der Waals surface area contributed by atoms with E-state index in [-0.39, 0.29) is 5.91 Å². The van der Waals surface area contributed by atoms with Crippen LogP contribution in [-0.2, 0) is 9.53 Å². The van der Waals surface area contributed by atoms with Gasteiger partial charge in [-0.05, 0) is 12.8 Å². The average molecular weight is 299 g/mol. The highest BCUT2D eigenvalue weighted by molar-refractivity contribution is 8.14. The van der Waals surface area contributed by atoms with Gasteiger partial charge < -0.3 is 15.4 Å². The molecule has 0 aromatic carbocycles. The lowest BCUT2D eigenvalue weighted by atomic mass is 9.83. The first kappa shape index (κ1) is 15.6. The number of nitrogens with zero attached hydrogens (tertiary/aromatic N) is 1. The van der Waals surface area contributed by atoms with Crippen LogP contribution in [0.3, 0.4) is 0 Å². The van der Waals surface area contributed by atoms with Gasteiger partial charge in [0.1, 0.15) is 0 Å². The van der Waals surface area contributed by atoms with Crippen LogP contribution in [0, 0.1) is 0 Å². The van der Waals surface area contributed by atoms with Crippen molar-refractivity contribution in [1.29, 1.82) is 0 Å². The molecule has 1 saturated heterocycles. The fourth-order valence-electron chi connectivity index (χ4n) is 2.73. The van der Waals surface area contributed by atoms with Gasteiger partial charge >= 0.3 is 0 Å². The van der Waals surface area contributed by atoms with Gasteiger partial charge in [0.25, 0.3) is 0 Å². The Kier molecular flexibility index (Phi) is 6.16. The van der Waals surface area contributed by atoms with E-state index in [1.54, 1.807) is 7.11 Å². The summed E-state index contributed by atoms with van der Waals surface area (Å²) in [5, 5.41) is 7.42. The maximum absolute atomic E-state index is 11.5. The average Bonchev–Trinajstić information content (AvgIpc) is 2.83. The molecule has 2 N–H and O–H groups in total. The minimum absolute atomic E-state index is 0.0433. The molecule has 1 aliphatic heterocycles. The highest BCUT2D eigenvalue weighted by Gasteiger charge is 2.37. The van der Waals surface area contributed by atoms with E-state index in [9.17, 15) is 4.79 Å². The van der Waals surface area contributed by atoms with E-state index < -0.39 is 0 Å². The third-order valence-corrected chi connectivity index (χ3v) is 5.09. The molecule has 0 radical (unpaired) electrons. The van der Waals surface area contributed by atoms with Gasteiger partial charge in [0.2, 0.25) is 5.91 Å². The topological polar surface area (TPSA) is 62.7 Å². The molecule has 2 aliphatic rings. The molecular formula is C14H25N3O2S. The minimum atomic E-state index is 0.0433. The molecule has 1 amide bonds. The number of hydrogen-bond acceptors (Lipinski definition) is 4. The summed E-state index contributed by atoms with van der Waals surface area (Å²) < 4.78 is 4.89. The number of ether oxygens (including phenoxy) is 1. The summed E-state index contributed by atoms with van der Waals surface area (Å²) in [7, 11) is 1.63. The Balaban J connectivity index is 1.67. The fourth-order valence-corrected chi connectivity index (χ4v) is 3.97. The number of methoxy groups -OCH3 is 1. The molecule has 1 heterocycles. The Morgan fingerprint density at radius 2 is 2.25 bits per heavy atom. The largest absolute Gasteiger partial charge is 0.383 e. The first-order valence-corrected chi connectivity index (χ1v) is 8.44. The third-order valence-electron chi connectivity index (χ3n) is 3.89. The van der Waals surface area contributed by atoms with Gasteiger partial charge in [-0.2, -0.15) is 0 Å². The zero-order valence-electron chi connectivity index (χ0n) is 12.2. The van der Waals surface area contributed by atoms with Crippen LogP contribution in [-0.4, -0.2) is 49.2 Å². The lowest BCUT2D eigenvalue weighted by Gasteiger charge is -2.32. The molecule has 0 atom stereocenters. The highest BCUT2D eigenvalue weighted by Crippen LogP contribution is 2.36. The minimum Gasteiger partial charge on any atom is -0.383 e. The summed E-state index contributed by atoms with van der Waals surface area (Å²) in [5.41, 5.74) is 0.294. The van der Waals surface area contributed by atoms with Crippen LogP contribution in [0.15, 0.2) is 4.99 Å². The van der Waals surface area contributed by atoms with Gasteiger partial charge in [0.05, 0.1) is 13.2 Å². The molecule has 1 saturated carbocycles. The SMILES string of the molecule is COCCNC(=O)CCN=C1NC2(CCCCC2)CS1. The van der Waals surface area contributed by atoms with Gasteiger partial charge in [0.15, 0.2) is 5.17 Å². The molecule has 20 heavy (non-hydrogen) atoms. The zero-order chi connectivity index (χ0) is 14.3. The van der Waals surface area contributed by atoms with Crippen molar-refractivity contribution in [1.82, 2.24) is 10.6 Å². The van der Waals surface area contributed by atoms with E-state index in [1.807, 2.05) is 11.8 Å². The van der Waals surface area contributed by atoms with Crippen molar-refractivity contribution in [2.24, 2.45) is 4.99 Å². The molecule has 0 bridgehead atoms. The number of thioether (sulfide) groups is 1. The van der Waals surface area contributed by atoms with Crippen molar-refractivity contribution in [3.05, 3.63) is 0 Å². The molecule has 2 rings (SSSR count). The smallest absolute Gasteiger partial charge is 0.221 e. The Bertz CT molecular complexity index is 354. The lowest BCUT2D eigenvalue weighted by molar-refractivity contribution is -0.121. The number of rotatable bonds is 6. The predicted molar refractivity (Wildman–Crippen MR) is 83.2 cm³/mol. The Labute approximate surface area is 125 Å². The summed E-state index contributed by atoms with van der Waals surface area (Å²) in [5.74, 6) is 1.17. The van der Waals surface area contributed by atoms with E-state index in [1.165, 1.54) is 32.1 Å². The predicted octanol–water partition coefficient (Wildman–Crippen LogP) is 1.53. The molecule has 6 heteroatoms. The van der Waals surface area contributed by atoms with E-state index in [0.717, 1.165) is 10.9 Å². The highest BCUT2D eigenvalue weighted by atomic mass is 32.2. The second kappa shape index (κ2) is 7.88. The van der Waals surface area contributed by atoms with Gasteiger partial charge in [-0.3, -0.25) is 9.79 Å². The number of carbonyl (C=O) groups is 1. The Hall–Kier alpha value is -0.750. The van der Waals surface area contributed by atoms with E-state index in [0.29, 0.717) is 31.7 Å². The van der Waals surface area contributed by atoms with E-state index in [4.69, 9.17) is 4.74 Å². The maximum atomic E-state index is 11.5. The van der Waals surface area contributed by atoms with Crippen LogP contribution < -0.4 is 10.6 Å². The fraction of sp³-hybridized carbons (Fsp3) is 0.857. The monoisotopic (exact) mass is 299 g/mol. The molecule has 1 spiro atoms. The summed E-state index contributed by atoms with van der Waals surface area (Å²) in [6.45, 7) is 1.69. The van der Waals surface area contributed by atoms with Gasteiger partial charge in [-0.1, -0.05) is 31.0 Å². The van der Waals surface area contributed by atoms with Gasteiger partial charge in [-0.15, -0.1) is 0 Å². The van der Waals surface area contributed by atoms with Crippen molar-refractivity contribution in [3.8, 4) is 0 Å². The molecular weight excluding hydrogens is 274 g/mol. The number of amides is 1. The molecule has 5 nitrogen and oxygen atoms in total. The van der Waals surface area contributed by atoms with Gasteiger partial charge in [0, 0.05) is 31.4 Å². The van der Waals surface area contributed by atoms with Crippen LogP contribution in [0.5, 0.6) is 0 Å². The third kappa shape index (κ3) is 4.66. The lowest BCUT2D eigenvalue weighted by Crippen LogP contribution is -2.45. The van der Waals surface area contributed by atoms with Crippen molar-refractivity contribution in [2.45, 2.75) is 44.1 Å². The van der Waals surface area contributed by atoms with Crippen LogP contribution in [0.2, 0.25) is 0 Å². The number of aliphatic imine (C=N–C) groups is 1. The summed E-state index contributed by atoms with van der Waals surface area (Å²) in [4.78, 5) is 16.0. The van der Waals surface area contributed by atoms with Crippen LogP contribution >= 0.6 is 11.8 Å². The normalized spacial score (nSPS) is 22.9. The van der Waals surface area contributed by atoms with Gasteiger partial charge in [-0.25, -0.2) is 0 Å². The standard InChI is InChI=1S/C14H25N3O2S/c1-19-10-9-15-12(18)5-8-16-13-17-14(11-20-13)6-3-2-4-7-14/h2-11H2,1H3,(H,15,18)(H,16,17). The second-order valence-electron chi connectivity index (χ2n) is 5.53. The van der Waals surface area contributed by atoms with E-state index in [2.05, 4.69) is 15.6 Å². The molecule has 1 aliphatic carbocycles. The molecule has 0 aromatic rings. The second-order valence-corrected chi connectivity index (χ2v) is 6.50. The zero-order valence-corrected chi connectivity index (χ0v) is 13.1. The van der Waals surface area contributed by atoms with Crippen LogP contribution in [0.1, 0.15) is 38.5 Å². The number of hydrogen-bond donors (Lipinski definition) is 2. The Morgan fingerprint density at radius 3 is 3.00 bits per heavy atom. The molecule has 0 aromatic heterocycles. The number of nitrogens with one attached hydrogen (secondary N) is 2. The molecule has 2 fully saturated rings. The first-order chi connectivity index (χ1) is 9.74. The first-order valence-electron chi connectivity index (χ1n) is 7.45. The maximum Gasteiger partial charge on any atom is 0.221 e. The molecule has 0 unspecified atom stereocenters. The summed E-state index contributed by atoms with van der Waals surface area (Å²) in [6, 6.07) is 0. The van der Waals surface area contributed by atoms with Crippen molar-refractivity contribution in [2.75, 3.05) is 32.6 Å². The summed E-state index contributed by atoms with van der Waals surface area (Å²) >= 11 is 1.81. The number of carbonyl (C=O) groups excluding carboxylic acids is 1. The Morgan fingerprint density at radius 1 is 1.45 bits per heavy atom. The van der Waals surface area contributed by atoms with Crippen molar-refractivity contribution >= 4 is 22.8 Å². The summed E-state index contributed by atoms with van der Waals surface area (Å²) in [6.07, 6.45) is 6.98.